The zero-order chi connectivity index (χ0) is 16.0. The van der Waals surface area contributed by atoms with Crippen LogP contribution in [-0.2, 0) is 0 Å². The average molecular weight is 320 g/mol. The van der Waals surface area contributed by atoms with Crippen LogP contribution in [0, 0.1) is 29.1 Å². The smallest absolute Gasteiger partial charge is 0.317 e. The molecule has 23 heavy (non-hydrogen) atoms. The van der Waals surface area contributed by atoms with Gasteiger partial charge in [0.2, 0.25) is 0 Å². The molecule has 0 aromatic carbocycles. The van der Waals surface area contributed by atoms with Crippen molar-refractivity contribution in [3.8, 4) is 0 Å². The van der Waals surface area contributed by atoms with Crippen LogP contribution in [0.15, 0.2) is 0 Å². The number of likely N-dealkylation sites (tertiary alicyclic amines) is 1. The van der Waals surface area contributed by atoms with Crippen molar-refractivity contribution < 1.29 is 9.90 Å². The minimum atomic E-state index is 0.103. The quantitative estimate of drug-likeness (QED) is 0.840. The number of nitrogens with one attached hydrogen (secondary N) is 1. The number of aliphatic hydroxyl groups is 1. The second kappa shape index (κ2) is 5.94. The third-order valence-corrected chi connectivity index (χ3v) is 7.41. The van der Waals surface area contributed by atoms with Crippen LogP contribution < -0.4 is 5.32 Å². The normalized spacial score (nSPS) is 43.5. The highest BCUT2D eigenvalue weighted by Crippen LogP contribution is 2.61. The number of urea groups is 1. The lowest BCUT2D eigenvalue weighted by Crippen LogP contribution is -2.58. The van der Waals surface area contributed by atoms with Crippen molar-refractivity contribution >= 4 is 6.03 Å². The SMILES string of the molecule is CC(NC(=O)N1CCCC(CO)C1)C12CC3CC(CC(C3)C1)C2. The van der Waals surface area contributed by atoms with E-state index in [0.29, 0.717) is 5.41 Å². The van der Waals surface area contributed by atoms with Gasteiger partial charge in [-0.1, -0.05) is 0 Å². The van der Waals surface area contributed by atoms with E-state index in [1.807, 2.05) is 4.90 Å². The molecule has 0 radical (unpaired) electrons. The molecule has 5 aliphatic rings. The summed E-state index contributed by atoms with van der Waals surface area (Å²) < 4.78 is 0. The van der Waals surface area contributed by atoms with E-state index >= 15 is 0 Å². The number of carbonyl (C=O) groups excluding carboxylic acids is 1. The molecule has 2 amide bonds. The number of hydrogen-bond acceptors (Lipinski definition) is 2. The largest absolute Gasteiger partial charge is 0.396 e. The van der Waals surface area contributed by atoms with Crippen LogP contribution in [0.1, 0.15) is 58.3 Å². The first-order valence-corrected chi connectivity index (χ1v) is 9.74. The van der Waals surface area contributed by atoms with E-state index in [1.54, 1.807) is 0 Å². The van der Waals surface area contributed by atoms with Gasteiger partial charge in [0.15, 0.2) is 0 Å². The molecule has 4 saturated carbocycles. The Labute approximate surface area is 140 Å². The molecule has 2 unspecified atom stereocenters. The first-order chi connectivity index (χ1) is 11.1. The van der Waals surface area contributed by atoms with Crippen molar-refractivity contribution in [2.45, 2.75) is 64.3 Å². The maximum atomic E-state index is 12.7. The minimum absolute atomic E-state index is 0.103. The van der Waals surface area contributed by atoms with E-state index in [0.717, 1.165) is 43.7 Å². The van der Waals surface area contributed by atoms with Crippen molar-refractivity contribution in [3.05, 3.63) is 0 Å². The molecule has 2 atom stereocenters. The Morgan fingerprint density at radius 1 is 1.22 bits per heavy atom. The standard InChI is InChI=1S/C19H32N2O2/c1-13(20-18(23)21-4-2-3-14(11-21)12-22)19-8-15-5-16(9-19)7-17(6-15)10-19/h13-17,22H,2-12H2,1H3,(H,20,23). The van der Waals surface area contributed by atoms with Gasteiger partial charge >= 0.3 is 6.03 Å². The number of hydrogen-bond donors (Lipinski definition) is 2. The van der Waals surface area contributed by atoms with Gasteiger partial charge in [0.1, 0.15) is 0 Å². The molecule has 1 saturated heterocycles. The van der Waals surface area contributed by atoms with E-state index in [1.165, 1.54) is 38.5 Å². The van der Waals surface area contributed by atoms with Gasteiger partial charge in [-0.25, -0.2) is 4.79 Å². The Hall–Kier alpha value is -0.770. The summed E-state index contributed by atoms with van der Waals surface area (Å²) in [5.74, 6) is 3.04. The molecule has 5 fully saturated rings. The van der Waals surface area contributed by atoms with Crippen molar-refractivity contribution in [3.63, 3.8) is 0 Å². The molecular formula is C19H32N2O2. The highest BCUT2D eigenvalue weighted by Gasteiger charge is 2.53. The lowest BCUT2D eigenvalue weighted by Gasteiger charge is -2.59. The highest BCUT2D eigenvalue weighted by molar-refractivity contribution is 5.74. The molecule has 0 spiro atoms. The van der Waals surface area contributed by atoms with Crippen LogP contribution in [0.5, 0.6) is 0 Å². The van der Waals surface area contributed by atoms with E-state index in [-0.39, 0.29) is 24.6 Å². The van der Waals surface area contributed by atoms with E-state index < -0.39 is 0 Å². The number of nitrogens with zero attached hydrogens (tertiary/aromatic N) is 1. The summed E-state index contributed by atoms with van der Waals surface area (Å²) in [6.45, 7) is 4.01. The summed E-state index contributed by atoms with van der Waals surface area (Å²) in [5, 5.41) is 12.7. The molecule has 2 N–H and O–H groups in total. The number of carbonyl (C=O) groups is 1. The zero-order valence-corrected chi connectivity index (χ0v) is 14.5. The molecule has 4 bridgehead atoms. The van der Waals surface area contributed by atoms with E-state index in [9.17, 15) is 9.90 Å². The van der Waals surface area contributed by atoms with E-state index in [2.05, 4.69) is 12.2 Å². The molecule has 1 heterocycles. The number of rotatable bonds is 3. The van der Waals surface area contributed by atoms with Gasteiger partial charge in [0.05, 0.1) is 0 Å². The molecule has 4 heteroatoms. The molecule has 1 aliphatic heterocycles. The number of amides is 2. The molecule has 4 aliphatic carbocycles. The molecular weight excluding hydrogens is 288 g/mol. The fourth-order valence-electron chi connectivity index (χ4n) is 6.54. The zero-order valence-electron chi connectivity index (χ0n) is 14.5. The first-order valence-electron chi connectivity index (χ1n) is 9.74. The average Bonchev–Trinajstić information content (AvgIpc) is 2.53. The Kier molecular flexibility index (Phi) is 4.07. The lowest BCUT2D eigenvalue weighted by atomic mass is 9.48. The fraction of sp³-hybridized carbons (Fsp3) is 0.947. The monoisotopic (exact) mass is 320 g/mol. The summed E-state index contributed by atoms with van der Waals surface area (Å²) in [7, 11) is 0. The minimum Gasteiger partial charge on any atom is -0.396 e. The Balaban J connectivity index is 1.39. The second-order valence-electron chi connectivity index (χ2n) is 9.09. The van der Waals surface area contributed by atoms with Crippen LogP contribution in [0.3, 0.4) is 0 Å². The van der Waals surface area contributed by atoms with Crippen LogP contribution >= 0.6 is 0 Å². The summed E-state index contributed by atoms with van der Waals surface area (Å²) in [6.07, 6.45) is 10.4. The van der Waals surface area contributed by atoms with Gasteiger partial charge in [-0.15, -0.1) is 0 Å². The predicted octanol–water partition coefficient (Wildman–Crippen LogP) is 3.01. The van der Waals surface area contributed by atoms with Crippen molar-refractivity contribution in [2.24, 2.45) is 29.1 Å². The Bertz CT molecular complexity index is 429. The summed E-state index contributed by atoms with van der Waals surface area (Å²) in [5.41, 5.74) is 0.372. The van der Waals surface area contributed by atoms with E-state index in [4.69, 9.17) is 0 Å². The summed E-state index contributed by atoms with van der Waals surface area (Å²) >= 11 is 0. The highest BCUT2D eigenvalue weighted by atomic mass is 16.3. The molecule has 5 rings (SSSR count). The Morgan fingerprint density at radius 3 is 2.39 bits per heavy atom. The van der Waals surface area contributed by atoms with Gasteiger partial charge < -0.3 is 15.3 Å². The van der Waals surface area contributed by atoms with Crippen molar-refractivity contribution in [2.75, 3.05) is 19.7 Å². The number of aliphatic hydroxyl groups excluding tert-OH is 1. The summed E-state index contributed by atoms with van der Waals surface area (Å²) in [6, 6.07) is 0.393. The number of piperidine rings is 1. The van der Waals surface area contributed by atoms with Crippen molar-refractivity contribution in [1.82, 2.24) is 10.2 Å². The van der Waals surface area contributed by atoms with Gasteiger partial charge in [-0.2, -0.15) is 0 Å². The summed E-state index contributed by atoms with van der Waals surface area (Å²) in [4.78, 5) is 14.6. The lowest BCUT2D eigenvalue weighted by molar-refractivity contribution is -0.0689. The fourth-order valence-corrected chi connectivity index (χ4v) is 6.54. The van der Waals surface area contributed by atoms with Gasteiger partial charge in [-0.3, -0.25) is 0 Å². The van der Waals surface area contributed by atoms with Crippen molar-refractivity contribution in [1.29, 1.82) is 0 Å². The molecule has 130 valence electrons. The van der Waals surface area contributed by atoms with Gasteiger partial charge in [0, 0.05) is 25.7 Å². The molecule has 0 aromatic heterocycles. The third-order valence-electron chi connectivity index (χ3n) is 7.41. The van der Waals surface area contributed by atoms with Crippen LogP contribution in [0.4, 0.5) is 4.79 Å². The van der Waals surface area contributed by atoms with Crippen LogP contribution in [0.25, 0.3) is 0 Å². The molecule has 0 aromatic rings. The van der Waals surface area contributed by atoms with Crippen LogP contribution in [-0.4, -0.2) is 41.8 Å². The maximum Gasteiger partial charge on any atom is 0.317 e. The maximum absolute atomic E-state index is 12.7. The van der Waals surface area contributed by atoms with Crippen LogP contribution in [0.2, 0.25) is 0 Å². The second-order valence-corrected chi connectivity index (χ2v) is 9.09. The van der Waals surface area contributed by atoms with Gasteiger partial charge in [0.25, 0.3) is 0 Å². The van der Waals surface area contributed by atoms with Gasteiger partial charge in [-0.05, 0) is 87.4 Å². The third kappa shape index (κ3) is 2.88. The predicted molar refractivity (Wildman–Crippen MR) is 90.0 cm³/mol. The topological polar surface area (TPSA) is 52.6 Å². The molecule has 4 nitrogen and oxygen atoms in total. The first kappa shape index (κ1) is 15.7. The Morgan fingerprint density at radius 2 is 1.83 bits per heavy atom.